The van der Waals surface area contributed by atoms with E-state index in [4.69, 9.17) is 16.3 Å². The topological polar surface area (TPSA) is 114 Å². The number of benzene rings is 1. The van der Waals surface area contributed by atoms with E-state index >= 15 is 0 Å². The molecular formula is C25H27ClN2O6. The number of methoxy groups -OCH3 is 1. The Kier molecular flexibility index (Phi) is 8.39. The minimum Gasteiger partial charge on any atom is -0.496 e. The number of carboxylic acids is 1. The number of pyridine rings is 1. The molecule has 9 heteroatoms. The van der Waals surface area contributed by atoms with E-state index in [-0.39, 0.29) is 36.7 Å². The lowest BCUT2D eigenvalue weighted by Crippen LogP contribution is -2.42. The Morgan fingerprint density at radius 3 is 2.71 bits per heavy atom. The summed E-state index contributed by atoms with van der Waals surface area (Å²) < 4.78 is 5.38. The first kappa shape index (κ1) is 25.4. The molecule has 8 nitrogen and oxygen atoms in total. The number of rotatable bonds is 8. The van der Waals surface area contributed by atoms with E-state index in [0.29, 0.717) is 35.6 Å². The monoisotopic (exact) mass is 486 g/mol. The van der Waals surface area contributed by atoms with Crippen molar-refractivity contribution in [1.29, 1.82) is 0 Å². The summed E-state index contributed by atoms with van der Waals surface area (Å²) >= 11 is 6.12. The number of Topliss-reactive ketones (excluding diaryl/α,β-unsaturated/α-hetero) is 1. The summed E-state index contributed by atoms with van der Waals surface area (Å²) in [6.07, 6.45) is 4.10. The quantitative estimate of drug-likeness (QED) is 0.601. The van der Waals surface area contributed by atoms with E-state index in [1.165, 1.54) is 25.6 Å². The molecule has 0 radical (unpaired) electrons. The lowest BCUT2D eigenvalue weighted by molar-refractivity contribution is -0.148. The third-order valence-electron chi connectivity index (χ3n) is 6.12. The van der Waals surface area contributed by atoms with E-state index < -0.39 is 23.7 Å². The zero-order chi connectivity index (χ0) is 24.8. The molecule has 0 unspecified atom stereocenters. The second-order valence-electron chi connectivity index (χ2n) is 8.37. The summed E-state index contributed by atoms with van der Waals surface area (Å²) in [5.41, 5.74) is 1.36. The van der Waals surface area contributed by atoms with Gasteiger partial charge in [0.25, 0.3) is 0 Å². The van der Waals surface area contributed by atoms with Crippen molar-refractivity contribution in [2.45, 2.75) is 44.9 Å². The Morgan fingerprint density at radius 1 is 1.26 bits per heavy atom. The van der Waals surface area contributed by atoms with Gasteiger partial charge in [0.05, 0.1) is 19.2 Å². The molecule has 0 aliphatic carbocycles. The van der Waals surface area contributed by atoms with E-state index in [0.717, 1.165) is 10.5 Å². The number of hydrogen-bond acceptors (Lipinski definition) is 6. The predicted octanol–water partition coefficient (Wildman–Crippen LogP) is 3.90. The standard InChI is InChI=1S/C25H27ClN2O6/c1-3-15(18-9-19(25(32)33)13-27-12-18)11-23(30)28-14-21(29)6-4-16(24(28)31)8-17-10-20(26)5-7-22(17)34-2/h5,7,9-10,12-13,15-16H,3-4,6,8,11,14H2,1-2H3,(H,32,33)/t15-,16-/m0/s1. The number of imide groups is 1. The predicted molar refractivity (Wildman–Crippen MR) is 125 cm³/mol. The fourth-order valence-electron chi connectivity index (χ4n) is 4.20. The van der Waals surface area contributed by atoms with Crippen LogP contribution in [0.1, 0.15) is 60.0 Å². The Morgan fingerprint density at radius 2 is 2.03 bits per heavy atom. The number of likely N-dealkylation sites (tertiary alicyclic amines) is 1. The molecule has 1 N–H and O–H groups in total. The van der Waals surface area contributed by atoms with Crippen LogP contribution in [0.5, 0.6) is 5.75 Å². The van der Waals surface area contributed by atoms with Crippen LogP contribution in [0.4, 0.5) is 0 Å². The summed E-state index contributed by atoms with van der Waals surface area (Å²) in [7, 11) is 1.53. The van der Waals surface area contributed by atoms with Gasteiger partial charge in [-0.1, -0.05) is 18.5 Å². The Labute approximate surface area is 202 Å². The van der Waals surface area contributed by atoms with Gasteiger partial charge in [-0.15, -0.1) is 0 Å². The van der Waals surface area contributed by atoms with Crippen LogP contribution in [0.25, 0.3) is 0 Å². The summed E-state index contributed by atoms with van der Waals surface area (Å²) in [6.45, 7) is 1.61. The zero-order valence-corrected chi connectivity index (χ0v) is 19.9. The molecule has 0 spiro atoms. The molecule has 2 heterocycles. The van der Waals surface area contributed by atoms with Crippen LogP contribution in [-0.2, 0) is 20.8 Å². The highest BCUT2D eigenvalue weighted by Gasteiger charge is 2.35. The van der Waals surface area contributed by atoms with Gasteiger partial charge >= 0.3 is 5.97 Å². The van der Waals surface area contributed by atoms with Crippen molar-refractivity contribution in [3.05, 3.63) is 58.4 Å². The number of carbonyl (C=O) groups is 4. The maximum atomic E-state index is 13.4. The van der Waals surface area contributed by atoms with Crippen LogP contribution < -0.4 is 4.74 Å². The van der Waals surface area contributed by atoms with Gasteiger partial charge in [0.2, 0.25) is 11.8 Å². The molecular weight excluding hydrogens is 460 g/mol. The van der Waals surface area contributed by atoms with Gasteiger partial charge in [-0.2, -0.15) is 0 Å². The molecule has 1 aromatic carbocycles. The van der Waals surface area contributed by atoms with Crippen molar-refractivity contribution in [1.82, 2.24) is 9.88 Å². The average molecular weight is 487 g/mol. The number of amides is 2. The third-order valence-corrected chi connectivity index (χ3v) is 6.36. The first-order valence-corrected chi connectivity index (χ1v) is 11.5. The van der Waals surface area contributed by atoms with Gasteiger partial charge in [0, 0.05) is 36.2 Å². The van der Waals surface area contributed by atoms with Crippen molar-refractivity contribution >= 4 is 35.2 Å². The SMILES string of the molecule is CC[C@@H](CC(=O)N1CC(=O)CC[C@@H](Cc2cc(Cl)ccc2OC)C1=O)c1cncc(C(=O)O)c1. The summed E-state index contributed by atoms with van der Waals surface area (Å²) in [5, 5.41) is 9.74. The Hall–Kier alpha value is -3.26. The minimum absolute atomic E-state index is 0.0277. The number of carbonyl (C=O) groups excluding carboxylic acids is 3. The van der Waals surface area contributed by atoms with Gasteiger partial charge < -0.3 is 9.84 Å². The minimum atomic E-state index is -1.11. The van der Waals surface area contributed by atoms with Gasteiger partial charge in [0.1, 0.15) is 5.75 Å². The van der Waals surface area contributed by atoms with Crippen molar-refractivity contribution in [3.63, 3.8) is 0 Å². The van der Waals surface area contributed by atoms with Gasteiger partial charge in [-0.3, -0.25) is 24.3 Å². The highest BCUT2D eigenvalue weighted by atomic mass is 35.5. The van der Waals surface area contributed by atoms with Gasteiger partial charge in [0.15, 0.2) is 5.78 Å². The van der Waals surface area contributed by atoms with Crippen LogP contribution >= 0.6 is 11.6 Å². The van der Waals surface area contributed by atoms with Crippen LogP contribution in [0.3, 0.4) is 0 Å². The smallest absolute Gasteiger partial charge is 0.337 e. The molecule has 2 atom stereocenters. The molecule has 1 saturated heterocycles. The highest BCUT2D eigenvalue weighted by molar-refractivity contribution is 6.30. The molecule has 1 fully saturated rings. The van der Waals surface area contributed by atoms with Crippen LogP contribution in [0, 0.1) is 5.92 Å². The van der Waals surface area contributed by atoms with E-state index in [1.807, 2.05) is 6.92 Å². The summed E-state index contributed by atoms with van der Waals surface area (Å²) in [6, 6.07) is 6.62. The molecule has 3 rings (SSSR count). The molecule has 34 heavy (non-hydrogen) atoms. The molecule has 1 aromatic heterocycles. The van der Waals surface area contributed by atoms with Crippen LogP contribution in [-0.4, -0.2) is 52.2 Å². The number of carboxylic acid groups (broad SMARTS) is 1. The first-order chi connectivity index (χ1) is 16.2. The second-order valence-corrected chi connectivity index (χ2v) is 8.81. The number of nitrogens with zero attached hydrogens (tertiary/aromatic N) is 2. The van der Waals surface area contributed by atoms with Gasteiger partial charge in [-0.25, -0.2) is 4.79 Å². The zero-order valence-electron chi connectivity index (χ0n) is 19.1. The molecule has 0 bridgehead atoms. The maximum absolute atomic E-state index is 13.4. The Bertz CT molecular complexity index is 1100. The van der Waals surface area contributed by atoms with Crippen LogP contribution in [0.15, 0.2) is 36.7 Å². The Balaban J connectivity index is 1.81. The maximum Gasteiger partial charge on any atom is 0.337 e. The molecule has 180 valence electrons. The van der Waals surface area contributed by atoms with Crippen molar-refractivity contribution in [2.24, 2.45) is 5.92 Å². The normalized spacial score (nSPS) is 17.3. The fourth-order valence-corrected chi connectivity index (χ4v) is 4.40. The molecule has 2 aromatic rings. The number of halogens is 1. The van der Waals surface area contributed by atoms with Gasteiger partial charge in [-0.05, 0) is 60.6 Å². The van der Waals surface area contributed by atoms with Crippen molar-refractivity contribution in [3.8, 4) is 5.75 Å². The lowest BCUT2D eigenvalue weighted by atomic mass is 9.92. The molecule has 2 amide bonds. The molecule has 1 aliphatic heterocycles. The summed E-state index contributed by atoms with van der Waals surface area (Å²) in [4.78, 5) is 55.3. The molecule has 0 saturated carbocycles. The number of ether oxygens (including phenoxy) is 1. The third kappa shape index (κ3) is 5.99. The fraction of sp³-hybridized carbons (Fsp3) is 0.400. The second kappa shape index (κ2) is 11.2. The van der Waals surface area contributed by atoms with Crippen molar-refractivity contribution < 1.29 is 29.0 Å². The number of hydrogen-bond donors (Lipinski definition) is 1. The van der Waals surface area contributed by atoms with Crippen LogP contribution in [0.2, 0.25) is 5.02 Å². The number of aromatic nitrogens is 1. The number of ketones is 1. The summed E-state index contributed by atoms with van der Waals surface area (Å²) in [5.74, 6) is -2.46. The number of aromatic carboxylic acids is 1. The van der Waals surface area contributed by atoms with Crippen molar-refractivity contribution in [2.75, 3.05) is 13.7 Å². The largest absolute Gasteiger partial charge is 0.496 e. The first-order valence-electron chi connectivity index (χ1n) is 11.1. The van der Waals surface area contributed by atoms with E-state index in [2.05, 4.69) is 4.98 Å². The van der Waals surface area contributed by atoms with E-state index in [9.17, 15) is 24.3 Å². The van der Waals surface area contributed by atoms with E-state index in [1.54, 1.807) is 18.2 Å². The molecule has 1 aliphatic rings. The highest BCUT2D eigenvalue weighted by Crippen LogP contribution is 2.30. The average Bonchev–Trinajstić information content (AvgIpc) is 2.96. The lowest BCUT2D eigenvalue weighted by Gasteiger charge is -2.25.